The largest absolute Gasteiger partial charge is 0.497 e. The summed E-state index contributed by atoms with van der Waals surface area (Å²) in [4.78, 5) is 4.26. The van der Waals surface area contributed by atoms with Gasteiger partial charge in [-0.15, -0.1) is 0 Å². The van der Waals surface area contributed by atoms with Crippen molar-refractivity contribution in [2.75, 3.05) is 7.11 Å². The number of nitrogens with one attached hydrogen (secondary N) is 1. The number of ether oxygens (including phenoxy) is 1. The van der Waals surface area contributed by atoms with Gasteiger partial charge in [0.1, 0.15) is 11.6 Å². The van der Waals surface area contributed by atoms with Gasteiger partial charge >= 0.3 is 0 Å². The van der Waals surface area contributed by atoms with E-state index in [-0.39, 0.29) is 0 Å². The first-order valence-electron chi connectivity index (χ1n) is 5.55. The Kier molecular flexibility index (Phi) is 3.72. The second kappa shape index (κ2) is 5.45. The van der Waals surface area contributed by atoms with E-state index in [1.807, 2.05) is 18.2 Å². The SMILES string of the molecule is COc1cccc(CCc2n[nH]c(CN)n2)c1. The monoisotopic (exact) mass is 232 g/mol. The highest BCUT2D eigenvalue weighted by Crippen LogP contribution is 2.13. The molecule has 2 aromatic rings. The van der Waals surface area contributed by atoms with E-state index in [4.69, 9.17) is 10.5 Å². The van der Waals surface area contributed by atoms with Crippen LogP contribution >= 0.6 is 0 Å². The van der Waals surface area contributed by atoms with Crippen molar-refractivity contribution in [2.45, 2.75) is 19.4 Å². The summed E-state index contributed by atoms with van der Waals surface area (Å²) in [5.41, 5.74) is 6.67. The van der Waals surface area contributed by atoms with Crippen molar-refractivity contribution in [2.24, 2.45) is 5.73 Å². The Balaban J connectivity index is 1.96. The number of aromatic nitrogens is 3. The molecule has 17 heavy (non-hydrogen) atoms. The summed E-state index contributed by atoms with van der Waals surface area (Å²) < 4.78 is 5.17. The minimum Gasteiger partial charge on any atom is -0.497 e. The Bertz CT molecular complexity index is 481. The zero-order valence-electron chi connectivity index (χ0n) is 9.81. The first-order valence-corrected chi connectivity index (χ1v) is 5.55. The second-order valence-electron chi connectivity index (χ2n) is 3.75. The lowest BCUT2D eigenvalue weighted by molar-refractivity contribution is 0.414. The summed E-state index contributed by atoms with van der Waals surface area (Å²) in [5, 5.41) is 6.90. The van der Waals surface area contributed by atoms with Gasteiger partial charge in [0, 0.05) is 6.42 Å². The number of aromatic amines is 1. The smallest absolute Gasteiger partial charge is 0.151 e. The summed E-state index contributed by atoms with van der Waals surface area (Å²) in [7, 11) is 1.67. The molecule has 0 saturated heterocycles. The van der Waals surface area contributed by atoms with Gasteiger partial charge in [0.15, 0.2) is 5.82 Å². The lowest BCUT2D eigenvalue weighted by atomic mass is 10.1. The van der Waals surface area contributed by atoms with Gasteiger partial charge in [-0.05, 0) is 24.1 Å². The molecule has 1 heterocycles. The predicted octanol–water partition coefficient (Wildman–Crippen LogP) is 1.06. The first kappa shape index (κ1) is 11.6. The van der Waals surface area contributed by atoms with Crippen LogP contribution in [0.2, 0.25) is 0 Å². The number of aryl methyl sites for hydroxylation is 2. The molecular weight excluding hydrogens is 216 g/mol. The highest BCUT2D eigenvalue weighted by atomic mass is 16.5. The lowest BCUT2D eigenvalue weighted by Crippen LogP contribution is -1.98. The van der Waals surface area contributed by atoms with Crippen LogP contribution in [0.25, 0.3) is 0 Å². The molecule has 1 aromatic carbocycles. The fourth-order valence-electron chi connectivity index (χ4n) is 1.62. The zero-order chi connectivity index (χ0) is 12.1. The number of hydrogen-bond acceptors (Lipinski definition) is 4. The molecule has 0 aliphatic heterocycles. The number of nitrogens with two attached hydrogens (primary N) is 1. The lowest BCUT2D eigenvalue weighted by Gasteiger charge is -2.02. The normalized spacial score (nSPS) is 10.5. The molecular formula is C12H16N4O. The third-order valence-corrected chi connectivity index (χ3v) is 2.54. The van der Waals surface area contributed by atoms with Crippen molar-refractivity contribution in [1.29, 1.82) is 0 Å². The number of hydrogen-bond donors (Lipinski definition) is 2. The van der Waals surface area contributed by atoms with Crippen molar-refractivity contribution < 1.29 is 4.74 Å². The summed E-state index contributed by atoms with van der Waals surface area (Å²) in [5.74, 6) is 2.40. The summed E-state index contributed by atoms with van der Waals surface area (Å²) in [6.07, 6.45) is 1.68. The molecule has 2 rings (SSSR count). The van der Waals surface area contributed by atoms with Crippen molar-refractivity contribution in [3.05, 3.63) is 41.5 Å². The van der Waals surface area contributed by atoms with Crippen LogP contribution in [-0.4, -0.2) is 22.3 Å². The Hall–Kier alpha value is -1.88. The predicted molar refractivity (Wildman–Crippen MR) is 64.7 cm³/mol. The number of benzene rings is 1. The number of methoxy groups -OCH3 is 1. The first-order chi connectivity index (χ1) is 8.31. The summed E-state index contributed by atoms with van der Waals surface area (Å²) in [6.45, 7) is 0.395. The topological polar surface area (TPSA) is 76.8 Å². The number of rotatable bonds is 5. The summed E-state index contributed by atoms with van der Waals surface area (Å²) >= 11 is 0. The van der Waals surface area contributed by atoms with Crippen LogP contribution in [0.15, 0.2) is 24.3 Å². The standard InChI is InChI=1S/C12H16N4O/c1-17-10-4-2-3-9(7-10)5-6-11-14-12(8-13)16-15-11/h2-4,7H,5-6,8,13H2,1H3,(H,14,15,16). The van der Waals surface area contributed by atoms with Gasteiger partial charge in [0.2, 0.25) is 0 Å². The van der Waals surface area contributed by atoms with Crippen molar-refractivity contribution in [3.8, 4) is 5.75 Å². The molecule has 0 bridgehead atoms. The van der Waals surface area contributed by atoms with Gasteiger partial charge in [-0.25, -0.2) is 4.98 Å². The van der Waals surface area contributed by atoms with Gasteiger partial charge in [-0.1, -0.05) is 12.1 Å². The molecule has 5 heteroatoms. The Morgan fingerprint density at radius 2 is 2.24 bits per heavy atom. The van der Waals surface area contributed by atoms with Crippen LogP contribution in [-0.2, 0) is 19.4 Å². The van der Waals surface area contributed by atoms with E-state index in [1.165, 1.54) is 5.56 Å². The second-order valence-corrected chi connectivity index (χ2v) is 3.75. The molecule has 0 fully saturated rings. The van der Waals surface area contributed by atoms with Crippen molar-refractivity contribution >= 4 is 0 Å². The molecule has 3 N–H and O–H groups in total. The van der Waals surface area contributed by atoms with Crippen molar-refractivity contribution in [1.82, 2.24) is 15.2 Å². The van der Waals surface area contributed by atoms with E-state index in [9.17, 15) is 0 Å². The number of H-pyrrole nitrogens is 1. The third-order valence-electron chi connectivity index (χ3n) is 2.54. The van der Waals surface area contributed by atoms with Gasteiger partial charge in [0.25, 0.3) is 0 Å². The molecule has 0 spiro atoms. The van der Waals surface area contributed by atoms with Gasteiger partial charge < -0.3 is 10.5 Å². The zero-order valence-corrected chi connectivity index (χ0v) is 9.81. The molecule has 0 saturated carbocycles. The molecule has 0 aliphatic rings. The van der Waals surface area contributed by atoms with Crippen LogP contribution in [0.1, 0.15) is 17.2 Å². The summed E-state index contributed by atoms with van der Waals surface area (Å²) in [6, 6.07) is 8.01. The van der Waals surface area contributed by atoms with Gasteiger partial charge in [-0.2, -0.15) is 5.10 Å². The van der Waals surface area contributed by atoms with Crippen LogP contribution < -0.4 is 10.5 Å². The highest BCUT2D eigenvalue weighted by Gasteiger charge is 2.03. The number of nitrogens with zero attached hydrogens (tertiary/aromatic N) is 2. The van der Waals surface area contributed by atoms with E-state index in [1.54, 1.807) is 7.11 Å². The quantitative estimate of drug-likeness (QED) is 0.808. The molecule has 90 valence electrons. The van der Waals surface area contributed by atoms with E-state index in [0.29, 0.717) is 6.54 Å². The Morgan fingerprint density at radius 1 is 1.35 bits per heavy atom. The molecule has 1 aromatic heterocycles. The fourth-order valence-corrected chi connectivity index (χ4v) is 1.62. The van der Waals surface area contributed by atoms with E-state index in [2.05, 4.69) is 21.2 Å². The van der Waals surface area contributed by atoms with Crippen LogP contribution in [0.4, 0.5) is 0 Å². The fraction of sp³-hybridized carbons (Fsp3) is 0.333. The molecule has 0 atom stereocenters. The Labute approximate surface area is 100 Å². The average molecular weight is 232 g/mol. The average Bonchev–Trinajstić information content (AvgIpc) is 2.84. The van der Waals surface area contributed by atoms with Crippen LogP contribution in [0.5, 0.6) is 5.75 Å². The molecule has 0 radical (unpaired) electrons. The minimum atomic E-state index is 0.395. The van der Waals surface area contributed by atoms with Gasteiger partial charge in [0.05, 0.1) is 13.7 Å². The van der Waals surface area contributed by atoms with E-state index >= 15 is 0 Å². The van der Waals surface area contributed by atoms with Gasteiger partial charge in [-0.3, -0.25) is 5.10 Å². The maximum Gasteiger partial charge on any atom is 0.151 e. The van der Waals surface area contributed by atoms with Crippen LogP contribution in [0, 0.1) is 0 Å². The highest BCUT2D eigenvalue weighted by molar-refractivity contribution is 5.28. The molecule has 5 nitrogen and oxygen atoms in total. The maximum atomic E-state index is 5.46. The van der Waals surface area contributed by atoms with E-state index in [0.717, 1.165) is 30.2 Å². The van der Waals surface area contributed by atoms with Crippen LogP contribution in [0.3, 0.4) is 0 Å². The van der Waals surface area contributed by atoms with Crippen molar-refractivity contribution in [3.63, 3.8) is 0 Å². The molecule has 0 amide bonds. The molecule has 0 aliphatic carbocycles. The maximum absolute atomic E-state index is 5.46. The third kappa shape index (κ3) is 3.04. The molecule has 0 unspecified atom stereocenters. The Morgan fingerprint density at radius 3 is 2.94 bits per heavy atom. The minimum absolute atomic E-state index is 0.395. The van der Waals surface area contributed by atoms with E-state index < -0.39 is 0 Å².